The molecule has 0 bridgehead atoms. The van der Waals surface area contributed by atoms with Gasteiger partial charge in [-0.3, -0.25) is 9.59 Å². The maximum Gasteiger partial charge on any atom is 0.245 e. The highest BCUT2D eigenvalue weighted by Crippen LogP contribution is 2.28. The van der Waals surface area contributed by atoms with Crippen molar-refractivity contribution in [2.24, 2.45) is 0 Å². The van der Waals surface area contributed by atoms with Crippen molar-refractivity contribution in [3.05, 3.63) is 47.7 Å². The lowest BCUT2D eigenvalue weighted by molar-refractivity contribution is -0.136. The minimum absolute atomic E-state index is 0.00425. The fourth-order valence-electron chi connectivity index (χ4n) is 3.70. The average Bonchev–Trinajstić information content (AvgIpc) is 3.13. The van der Waals surface area contributed by atoms with E-state index in [-0.39, 0.29) is 35.2 Å². The van der Waals surface area contributed by atoms with Gasteiger partial charge in [0.15, 0.2) is 0 Å². The first-order valence-electron chi connectivity index (χ1n) is 11.6. The predicted molar refractivity (Wildman–Crippen MR) is 131 cm³/mol. The molecule has 1 aromatic carbocycles. The van der Waals surface area contributed by atoms with E-state index in [1.807, 2.05) is 54.9 Å². The molecule has 0 aliphatic carbocycles. The molecule has 6 nitrogen and oxygen atoms in total. The van der Waals surface area contributed by atoms with Gasteiger partial charge in [-0.25, -0.2) is 4.68 Å². The van der Waals surface area contributed by atoms with E-state index < -0.39 is 0 Å². The third-order valence-electron chi connectivity index (χ3n) is 5.43. The molecule has 1 aromatic heterocycles. The largest absolute Gasteiger partial charge is 0.333 e. The SMILES string of the molecule is CCCN(CC(=O)Nc1cc(C(C)(C)C)nn1C(C)(C)C)C(=O)C(CC)c1ccccc1. The molecule has 0 fully saturated rings. The zero-order chi connectivity index (χ0) is 24.1. The molecule has 176 valence electrons. The first kappa shape index (κ1) is 25.6. The number of nitrogens with one attached hydrogen (secondary N) is 1. The zero-order valence-corrected chi connectivity index (χ0v) is 21.0. The summed E-state index contributed by atoms with van der Waals surface area (Å²) in [7, 11) is 0. The molecule has 2 amide bonds. The summed E-state index contributed by atoms with van der Waals surface area (Å²) in [6, 6.07) is 11.7. The lowest BCUT2D eigenvalue weighted by atomic mass is 9.92. The third kappa shape index (κ3) is 6.44. The molecule has 0 saturated carbocycles. The molecule has 0 aliphatic rings. The van der Waals surface area contributed by atoms with Crippen molar-refractivity contribution in [3.63, 3.8) is 0 Å². The van der Waals surface area contributed by atoms with Crippen molar-refractivity contribution in [2.45, 2.75) is 85.1 Å². The summed E-state index contributed by atoms with van der Waals surface area (Å²) in [5, 5.41) is 7.78. The second kappa shape index (κ2) is 10.3. The molecule has 1 N–H and O–H groups in total. The Morgan fingerprint density at radius 1 is 1.06 bits per heavy atom. The quantitative estimate of drug-likeness (QED) is 0.605. The van der Waals surface area contributed by atoms with Crippen LogP contribution >= 0.6 is 0 Å². The molecule has 0 spiro atoms. The monoisotopic (exact) mass is 440 g/mol. The molecule has 1 heterocycles. The number of rotatable bonds is 8. The molecule has 0 aliphatic heterocycles. The van der Waals surface area contributed by atoms with Gasteiger partial charge in [0, 0.05) is 18.0 Å². The van der Waals surface area contributed by atoms with Crippen LogP contribution in [0.25, 0.3) is 0 Å². The van der Waals surface area contributed by atoms with Crippen LogP contribution < -0.4 is 5.32 Å². The van der Waals surface area contributed by atoms with E-state index in [2.05, 4.69) is 46.9 Å². The number of amides is 2. The number of hydrogen-bond acceptors (Lipinski definition) is 3. The van der Waals surface area contributed by atoms with Gasteiger partial charge in [-0.05, 0) is 39.2 Å². The molecular weight excluding hydrogens is 400 g/mol. The smallest absolute Gasteiger partial charge is 0.245 e. The number of carbonyl (C=O) groups is 2. The van der Waals surface area contributed by atoms with Crippen LogP contribution in [0.15, 0.2) is 36.4 Å². The summed E-state index contributed by atoms with van der Waals surface area (Å²) in [5.74, 6) is 0.200. The number of aromatic nitrogens is 2. The molecule has 1 atom stereocenters. The highest BCUT2D eigenvalue weighted by atomic mass is 16.2. The Morgan fingerprint density at radius 3 is 2.19 bits per heavy atom. The highest BCUT2D eigenvalue weighted by Gasteiger charge is 2.28. The molecule has 0 radical (unpaired) electrons. The van der Waals surface area contributed by atoms with Crippen LogP contribution in [0.5, 0.6) is 0 Å². The van der Waals surface area contributed by atoms with E-state index in [9.17, 15) is 9.59 Å². The summed E-state index contributed by atoms with van der Waals surface area (Å²) in [6.45, 7) is 17.1. The van der Waals surface area contributed by atoms with E-state index in [0.717, 1.165) is 17.7 Å². The lowest BCUT2D eigenvalue weighted by Gasteiger charge is -2.27. The standard InChI is InChI=1S/C26H40N4O2/c1-9-16-29(24(32)20(10-2)19-14-12-11-13-15-19)18-23(31)27-22-17-21(25(3,4)5)28-30(22)26(6,7)8/h11-15,17,20H,9-10,16,18H2,1-8H3,(H,27,31). The molecule has 6 heteroatoms. The maximum absolute atomic E-state index is 13.3. The fourth-order valence-corrected chi connectivity index (χ4v) is 3.70. The van der Waals surface area contributed by atoms with Gasteiger partial charge in [0.05, 0.1) is 23.7 Å². The Hall–Kier alpha value is -2.63. The number of hydrogen-bond donors (Lipinski definition) is 1. The molecule has 1 unspecified atom stereocenters. The molecule has 0 saturated heterocycles. The van der Waals surface area contributed by atoms with Gasteiger partial charge in [-0.1, -0.05) is 65.0 Å². The van der Waals surface area contributed by atoms with Crippen LogP contribution in [0.2, 0.25) is 0 Å². The van der Waals surface area contributed by atoms with Crippen molar-refractivity contribution in [3.8, 4) is 0 Å². The van der Waals surface area contributed by atoms with Gasteiger partial charge in [0.2, 0.25) is 11.8 Å². The van der Waals surface area contributed by atoms with Gasteiger partial charge in [0.25, 0.3) is 0 Å². The Labute approximate surface area is 193 Å². The molecule has 2 aromatic rings. The van der Waals surface area contributed by atoms with Crippen molar-refractivity contribution in [1.29, 1.82) is 0 Å². The third-order valence-corrected chi connectivity index (χ3v) is 5.43. The number of anilines is 1. The van der Waals surface area contributed by atoms with E-state index in [1.165, 1.54) is 0 Å². The predicted octanol–water partition coefficient (Wildman–Crippen LogP) is 5.31. The molecular formula is C26H40N4O2. The van der Waals surface area contributed by atoms with Crippen molar-refractivity contribution >= 4 is 17.6 Å². The van der Waals surface area contributed by atoms with Gasteiger partial charge in [0.1, 0.15) is 5.82 Å². The topological polar surface area (TPSA) is 67.2 Å². The van der Waals surface area contributed by atoms with E-state index >= 15 is 0 Å². The number of carbonyl (C=O) groups excluding carboxylic acids is 2. The van der Waals surface area contributed by atoms with Crippen LogP contribution in [0.4, 0.5) is 5.82 Å². The van der Waals surface area contributed by atoms with Crippen LogP contribution in [0.1, 0.15) is 85.4 Å². The highest BCUT2D eigenvalue weighted by molar-refractivity contribution is 5.95. The summed E-state index contributed by atoms with van der Waals surface area (Å²) >= 11 is 0. The Bertz CT molecular complexity index is 904. The van der Waals surface area contributed by atoms with E-state index in [1.54, 1.807) is 4.90 Å². The second-order valence-electron chi connectivity index (χ2n) is 10.4. The summed E-state index contributed by atoms with van der Waals surface area (Å²) in [5.41, 5.74) is 1.48. The van der Waals surface area contributed by atoms with Crippen molar-refractivity contribution < 1.29 is 9.59 Å². The zero-order valence-electron chi connectivity index (χ0n) is 21.0. The lowest BCUT2D eigenvalue weighted by Crippen LogP contribution is -2.41. The van der Waals surface area contributed by atoms with Gasteiger partial charge >= 0.3 is 0 Å². The van der Waals surface area contributed by atoms with Crippen molar-refractivity contribution in [2.75, 3.05) is 18.4 Å². The summed E-state index contributed by atoms with van der Waals surface area (Å²) in [4.78, 5) is 28.1. The van der Waals surface area contributed by atoms with E-state index in [0.29, 0.717) is 18.8 Å². The molecule has 2 rings (SSSR count). The van der Waals surface area contributed by atoms with Crippen LogP contribution in [0, 0.1) is 0 Å². The van der Waals surface area contributed by atoms with E-state index in [4.69, 9.17) is 5.10 Å². The first-order valence-corrected chi connectivity index (χ1v) is 11.6. The number of nitrogens with zero attached hydrogens (tertiary/aromatic N) is 3. The fraction of sp³-hybridized carbons (Fsp3) is 0.577. The minimum Gasteiger partial charge on any atom is -0.333 e. The maximum atomic E-state index is 13.3. The van der Waals surface area contributed by atoms with Crippen molar-refractivity contribution in [1.82, 2.24) is 14.7 Å². The van der Waals surface area contributed by atoms with Crippen LogP contribution in [0.3, 0.4) is 0 Å². The normalized spacial score (nSPS) is 13.0. The Kier molecular flexibility index (Phi) is 8.27. The second-order valence-corrected chi connectivity index (χ2v) is 10.4. The summed E-state index contributed by atoms with van der Waals surface area (Å²) < 4.78 is 1.86. The van der Waals surface area contributed by atoms with Crippen LogP contribution in [-0.2, 0) is 20.5 Å². The van der Waals surface area contributed by atoms with Gasteiger partial charge in [-0.2, -0.15) is 5.10 Å². The summed E-state index contributed by atoms with van der Waals surface area (Å²) in [6.07, 6.45) is 1.48. The first-order chi connectivity index (χ1) is 14.9. The Morgan fingerprint density at radius 2 is 1.69 bits per heavy atom. The van der Waals surface area contributed by atoms with Gasteiger partial charge < -0.3 is 10.2 Å². The Balaban J connectivity index is 2.24. The number of benzene rings is 1. The average molecular weight is 441 g/mol. The van der Waals surface area contributed by atoms with Gasteiger partial charge in [-0.15, -0.1) is 0 Å². The van der Waals surface area contributed by atoms with Crippen LogP contribution in [-0.4, -0.2) is 39.6 Å². The molecule has 32 heavy (non-hydrogen) atoms. The minimum atomic E-state index is -0.286.